The Kier molecular flexibility index (Phi) is 4.22. The second kappa shape index (κ2) is 5.00. The number of hydrogen-bond donors (Lipinski definition) is 0. The molecule has 2 nitrogen and oxygen atoms in total. The molecule has 0 aromatic heterocycles. The maximum Gasteiger partial charge on any atom is 1.00 e. The zero-order valence-corrected chi connectivity index (χ0v) is 8.75. The fourth-order valence-corrected chi connectivity index (χ4v) is 1.47. The predicted octanol–water partition coefficient (Wildman–Crippen LogP) is -0.900. The van der Waals surface area contributed by atoms with E-state index in [0.717, 1.165) is 25.2 Å². The van der Waals surface area contributed by atoms with Crippen LogP contribution in [-0.2, 0) is 15.3 Å². The van der Waals surface area contributed by atoms with Gasteiger partial charge in [-0.05, 0) is 13.3 Å². The first kappa shape index (κ1) is 11.8. The normalized spacial score (nSPS) is 19.8. The fraction of sp³-hybridized carbons (Fsp3) is 0.455. The van der Waals surface area contributed by atoms with Crippen LogP contribution in [0.25, 0.3) is 0 Å². The molecular weight excluding hydrogens is 171 g/mol. The third-order valence-electron chi connectivity index (χ3n) is 2.24. The van der Waals surface area contributed by atoms with Gasteiger partial charge in [0.15, 0.2) is 5.79 Å². The standard InChI is InChI=1S/C11H13O2.Li/c1-11(12-8-5-9-13-11)10-6-3-2-4-7-10;/h2-4,6H,5,8-9H2,1H3;/q-1;+1. The molecule has 3 heteroatoms. The molecule has 1 aromatic carbocycles. The first-order chi connectivity index (χ1) is 6.31. The van der Waals surface area contributed by atoms with Gasteiger partial charge in [0.25, 0.3) is 0 Å². The van der Waals surface area contributed by atoms with Crippen molar-refractivity contribution in [2.75, 3.05) is 13.2 Å². The van der Waals surface area contributed by atoms with Crippen LogP contribution in [-0.4, -0.2) is 13.2 Å². The Hall–Kier alpha value is -0.263. The molecule has 0 unspecified atom stereocenters. The van der Waals surface area contributed by atoms with E-state index in [1.165, 1.54) is 0 Å². The summed E-state index contributed by atoms with van der Waals surface area (Å²) < 4.78 is 11.2. The average molecular weight is 184 g/mol. The molecule has 0 spiro atoms. The number of benzene rings is 1. The molecule has 1 heterocycles. The van der Waals surface area contributed by atoms with Gasteiger partial charge in [0.05, 0.1) is 13.2 Å². The van der Waals surface area contributed by atoms with E-state index in [1.807, 2.05) is 31.2 Å². The molecule has 0 aliphatic carbocycles. The van der Waals surface area contributed by atoms with Crippen molar-refractivity contribution in [2.45, 2.75) is 19.1 Å². The quantitative estimate of drug-likeness (QED) is 0.416. The van der Waals surface area contributed by atoms with Crippen molar-refractivity contribution >= 4 is 0 Å². The number of ether oxygens (including phenoxy) is 2. The second-order valence-electron chi connectivity index (χ2n) is 3.27. The summed E-state index contributed by atoms with van der Waals surface area (Å²) in [6, 6.07) is 10.9. The third-order valence-corrected chi connectivity index (χ3v) is 2.24. The molecule has 0 radical (unpaired) electrons. The first-order valence-electron chi connectivity index (χ1n) is 4.56. The molecule has 1 aromatic rings. The zero-order chi connectivity index (χ0) is 9.15. The van der Waals surface area contributed by atoms with Crippen LogP contribution in [0, 0.1) is 6.07 Å². The van der Waals surface area contributed by atoms with Crippen molar-refractivity contribution in [2.24, 2.45) is 0 Å². The monoisotopic (exact) mass is 184 g/mol. The molecule has 0 atom stereocenters. The van der Waals surface area contributed by atoms with Crippen LogP contribution in [0.2, 0.25) is 0 Å². The molecule has 14 heavy (non-hydrogen) atoms. The third kappa shape index (κ3) is 2.40. The summed E-state index contributed by atoms with van der Waals surface area (Å²) in [6.07, 6.45) is 0.975. The maximum absolute atomic E-state index is 5.60. The van der Waals surface area contributed by atoms with Crippen LogP contribution in [0.15, 0.2) is 24.3 Å². The summed E-state index contributed by atoms with van der Waals surface area (Å²) in [5.74, 6) is -0.584. The van der Waals surface area contributed by atoms with E-state index in [-0.39, 0.29) is 18.9 Å². The predicted molar refractivity (Wildman–Crippen MR) is 49.2 cm³/mol. The van der Waals surface area contributed by atoms with E-state index in [4.69, 9.17) is 9.47 Å². The van der Waals surface area contributed by atoms with Crippen LogP contribution < -0.4 is 18.9 Å². The molecule has 0 amide bonds. The molecule has 1 saturated heterocycles. The summed E-state index contributed by atoms with van der Waals surface area (Å²) in [6.45, 7) is 3.47. The average Bonchev–Trinajstić information content (AvgIpc) is 2.20. The van der Waals surface area contributed by atoms with Crippen LogP contribution in [0.3, 0.4) is 0 Å². The van der Waals surface area contributed by atoms with Gasteiger partial charge in [0, 0.05) is 0 Å². The van der Waals surface area contributed by atoms with Crippen molar-refractivity contribution < 1.29 is 28.3 Å². The Morgan fingerprint density at radius 3 is 2.57 bits per heavy atom. The molecule has 1 fully saturated rings. The Balaban J connectivity index is 0.000000980. The summed E-state index contributed by atoms with van der Waals surface area (Å²) in [5.41, 5.74) is 0.967. The van der Waals surface area contributed by atoms with Crippen molar-refractivity contribution in [1.82, 2.24) is 0 Å². The van der Waals surface area contributed by atoms with Gasteiger partial charge in [0.1, 0.15) is 0 Å². The molecule has 1 aliphatic rings. The summed E-state index contributed by atoms with van der Waals surface area (Å²) in [7, 11) is 0. The summed E-state index contributed by atoms with van der Waals surface area (Å²) >= 11 is 0. The zero-order valence-electron chi connectivity index (χ0n) is 8.75. The molecule has 2 rings (SSSR count). The molecule has 1 aliphatic heterocycles. The van der Waals surface area contributed by atoms with Gasteiger partial charge < -0.3 is 9.47 Å². The molecular formula is C11H13LiO2. The van der Waals surface area contributed by atoms with Gasteiger partial charge >= 0.3 is 18.9 Å². The Morgan fingerprint density at radius 1 is 1.29 bits per heavy atom. The van der Waals surface area contributed by atoms with Crippen molar-refractivity contribution in [3.63, 3.8) is 0 Å². The van der Waals surface area contributed by atoms with Gasteiger partial charge in [-0.1, -0.05) is 0 Å². The smallest absolute Gasteiger partial charge is 0.348 e. The van der Waals surface area contributed by atoms with E-state index in [0.29, 0.717) is 0 Å². The van der Waals surface area contributed by atoms with Crippen LogP contribution in [0.1, 0.15) is 18.9 Å². The Labute approximate surface area is 96.8 Å². The summed E-state index contributed by atoms with van der Waals surface area (Å²) in [4.78, 5) is 0. The van der Waals surface area contributed by atoms with Crippen molar-refractivity contribution in [3.05, 3.63) is 35.9 Å². The van der Waals surface area contributed by atoms with Gasteiger partial charge in [-0.25, -0.2) is 0 Å². The summed E-state index contributed by atoms with van der Waals surface area (Å²) in [5, 5.41) is 0. The second-order valence-corrected chi connectivity index (χ2v) is 3.27. The van der Waals surface area contributed by atoms with Crippen molar-refractivity contribution in [3.8, 4) is 0 Å². The van der Waals surface area contributed by atoms with Crippen molar-refractivity contribution in [1.29, 1.82) is 0 Å². The van der Waals surface area contributed by atoms with Gasteiger partial charge in [-0.15, -0.1) is 5.56 Å². The Morgan fingerprint density at radius 2 is 2.00 bits per heavy atom. The van der Waals surface area contributed by atoms with E-state index < -0.39 is 5.79 Å². The van der Waals surface area contributed by atoms with E-state index in [1.54, 1.807) is 0 Å². The maximum atomic E-state index is 5.60. The van der Waals surface area contributed by atoms with E-state index in [2.05, 4.69) is 6.07 Å². The van der Waals surface area contributed by atoms with Gasteiger partial charge in [0.2, 0.25) is 0 Å². The van der Waals surface area contributed by atoms with Crippen LogP contribution in [0.5, 0.6) is 0 Å². The fourth-order valence-electron chi connectivity index (χ4n) is 1.47. The van der Waals surface area contributed by atoms with E-state index in [9.17, 15) is 0 Å². The minimum Gasteiger partial charge on any atom is -0.348 e. The van der Waals surface area contributed by atoms with Crippen LogP contribution in [0.4, 0.5) is 0 Å². The molecule has 70 valence electrons. The minimum absolute atomic E-state index is 0. The van der Waals surface area contributed by atoms with Gasteiger partial charge in [-0.3, -0.25) is 0 Å². The molecule has 0 N–H and O–H groups in total. The largest absolute Gasteiger partial charge is 1.00 e. The van der Waals surface area contributed by atoms with E-state index >= 15 is 0 Å². The number of rotatable bonds is 1. The minimum atomic E-state index is -0.584. The van der Waals surface area contributed by atoms with Gasteiger partial charge in [-0.2, -0.15) is 30.3 Å². The number of hydrogen-bond acceptors (Lipinski definition) is 2. The Bertz CT molecular complexity index is 268. The first-order valence-corrected chi connectivity index (χ1v) is 4.56. The topological polar surface area (TPSA) is 18.5 Å². The molecule has 0 saturated carbocycles. The van der Waals surface area contributed by atoms with Crippen LogP contribution >= 0.6 is 0 Å². The molecule has 0 bridgehead atoms. The SMILES string of the molecule is CC1(c2[c-]cccc2)OCCCO1.[Li+].